The number of ether oxygens (including phenoxy) is 2. The van der Waals surface area contributed by atoms with Gasteiger partial charge in [0.25, 0.3) is 0 Å². The molecule has 1 aromatic carbocycles. The predicted octanol–water partition coefficient (Wildman–Crippen LogP) is 2.35. The van der Waals surface area contributed by atoms with Crippen LogP contribution < -0.4 is 10.1 Å². The third-order valence-corrected chi connectivity index (χ3v) is 3.76. The summed E-state index contributed by atoms with van der Waals surface area (Å²) in [6.45, 7) is 1.84. The van der Waals surface area contributed by atoms with Crippen LogP contribution in [-0.2, 0) is 9.53 Å². The van der Waals surface area contributed by atoms with Gasteiger partial charge >= 0.3 is 5.97 Å². The number of nitrogens with one attached hydrogen (secondary N) is 1. The van der Waals surface area contributed by atoms with Gasteiger partial charge in [0.05, 0.1) is 25.8 Å². The monoisotopic (exact) mass is 299 g/mol. The molecule has 0 saturated heterocycles. The molecule has 3 rings (SSSR count). The van der Waals surface area contributed by atoms with E-state index in [1.807, 2.05) is 42.0 Å². The topological polar surface area (TPSA) is 65.4 Å². The molecule has 1 unspecified atom stereocenters. The van der Waals surface area contributed by atoms with Crippen LogP contribution in [0.25, 0.3) is 0 Å². The maximum Gasteiger partial charge on any atom is 0.337 e. The predicted molar refractivity (Wildman–Crippen MR) is 81.7 cm³/mol. The number of benzene rings is 1. The van der Waals surface area contributed by atoms with Crippen molar-refractivity contribution in [3.63, 3.8) is 0 Å². The van der Waals surface area contributed by atoms with Gasteiger partial charge < -0.3 is 19.4 Å². The second-order valence-electron chi connectivity index (χ2n) is 4.96. The standard InChI is InChI=1S/C16H17N3O3/c1-10-13(15(20)22-3)14(19-9-8-17-16(19)18-10)11-6-4-5-7-12(11)21-2/h4-9,14H,1-3H3,(H,17,18). The number of hydrogen-bond acceptors (Lipinski definition) is 5. The molecule has 0 amide bonds. The number of hydrogen-bond donors (Lipinski definition) is 1. The quantitative estimate of drug-likeness (QED) is 0.881. The number of carbonyl (C=O) groups excluding carboxylic acids is 1. The van der Waals surface area contributed by atoms with Gasteiger partial charge in [0.1, 0.15) is 5.75 Å². The fourth-order valence-corrected chi connectivity index (χ4v) is 2.77. The fourth-order valence-electron chi connectivity index (χ4n) is 2.77. The van der Waals surface area contributed by atoms with Crippen LogP contribution in [0.5, 0.6) is 5.75 Å². The molecule has 0 aliphatic carbocycles. The van der Waals surface area contributed by atoms with Crippen molar-refractivity contribution in [2.75, 3.05) is 19.5 Å². The summed E-state index contributed by atoms with van der Waals surface area (Å²) in [6.07, 6.45) is 3.52. The van der Waals surface area contributed by atoms with Crippen LogP contribution in [0.1, 0.15) is 18.5 Å². The first-order valence-corrected chi connectivity index (χ1v) is 6.89. The van der Waals surface area contributed by atoms with E-state index in [2.05, 4.69) is 10.3 Å². The van der Waals surface area contributed by atoms with Crippen LogP contribution >= 0.6 is 0 Å². The zero-order valence-corrected chi connectivity index (χ0v) is 12.7. The summed E-state index contributed by atoms with van der Waals surface area (Å²) in [5, 5.41) is 3.13. The van der Waals surface area contributed by atoms with E-state index in [1.54, 1.807) is 13.3 Å². The smallest absolute Gasteiger partial charge is 0.337 e. The Morgan fingerprint density at radius 2 is 2.09 bits per heavy atom. The van der Waals surface area contributed by atoms with E-state index in [0.717, 1.165) is 11.3 Å². The molecule has 6 nitrogen and oxygen atoms in total. The molecule has 0 radical (unpaired) electrons. The molecule has 2 heterocycles. The molecule has 22 heavy (non-hydrogen) atoms. The minimum absolute atomic E-state index is 0.345. The van der Waals surface area contributed by atoms with Gasteiger partial charge in [-0.3, -0.25) is 0 Å². The Bertz CT molecular complexity index is 749. The first kappa shape index (κ1) is 14.2. The van der Waals surface area contributed by atoms with E-state index in [4.69, 9.17) is 9.47 Å². The van der Waals surface area contributed by atoms with E-state index in [0.29, 0.717) is 17.3 Å². The lowest BCUT2D eigenvalue weighted by atomic mass is 9.94. The maximum atomic E-state index is 12.3. The Morgan fingerprint density at radius 1 is 1.32 bits per heavy atom. The highest BCUT2D eigenvalue weighted by atomic mass is 16.5. The maximum absolute atomic E-state index is 12.3. The van der Waals surface area contributed by atoms with Crippen molar-refractivity contribution in [3.05, 3.63) is 53.5 Å². The average Bonchev–Trinajstić information content (AvgIpc) is 3.00. The van der Waals surface area contributed by atoms with Crippen molar-refractivity contribution < 1.29 is 14.3 Å². The highest BCUT2D eigenvalue weighted by Gasteiger charge is 2.34. The van der Waals surface area contributed by atoms with Crippen molar-refractivity contribution in [3.8, 4) is 5.75 Å². The highest BCUT2D eigenvalue weighted by Crippen LogP contribution is 2.39. The minimum Gasteiger partial charge on any atom is -0.496 e. The molecular formula is C16H17N3O3. The Kier molecular flexibility index (Phi) is 3.58. The fraction of sp³-hybridized carbons (Fsp3) is 0.250. The van der Waals surface area contributed by atoms with Crippen molar-refractivity contribution in [1.29, 1.82) is 0 Å². The van der Waals surface area contributed by atoms with Crippen LogP contribution in [0.2, 0.25) is 0 Å². The van der Waals surface area contributed by atoms with E-state index >= 15 is 0 Å². The zero-order chi connectivity index (χ0) is 15.7. The van der Waals surface area contributed by atoms with Crippen molar-refractivity contribution in [2.45, 2.75) is 13.0 Å². The molecule has 1 aliphatic heterocycles. The lowest BCUT2D eigenvalue weighted by Crippen LogP contribution is -2.28. The number of carbonyl (C=O) groups is 1. The summed E-state index contributed by atoms with van der Waals surface area (Å²) in [7, 11) is 2.99. The van der Waals surface area contributed by atoms with Crippen LogP contribution in [0.15, 0.2) is 47.9 Å². The molecule has 2 aromatic rings. The zero-order valence-electron chi connectivity index (χ0n) is 12.7. The van der Waals surface area contributed by atoms with E-state index in [1.165, 1.54) is 7.11 Å². The number of fused-ring (bicyclic) bond motifs is 1. The molecule has 1 atom stereocenters. The van der Waals surface area contributed by atoms with E-state index in [-0.39, 0.29) is 12.0 Å². The Hall–Kier alpha value is -2.76. The molecule has 0 fully saturated rings. The number of nitrogens with zero attached hydrogens (tertiary/aromatic N) is 2. The van der Waals surface area contributed by atoms with Gasteiger partial charge in [0.15, 0.2) is 0 Å². The Labute approximate surface area is 128 Å². The summed E-state index contributed by atoms with van der Waals surface area (Å²) in [5.41, 5.74) is 2.14. The highest BCUT2D eigenvalue weighted by molar-refractivity contribution is 5.92. The molecule has 114 valence electrons. The molecule has 1 N–H and O–H groups in total. The average molecular weight is 299 g/mol. The number of para-hydroxylation sites is 1. The van der Waals surface area contributed by atoms with Crippen LogP contribution in [0.4, 0.5) is 5.95 Å². The van der Waals surface area contributed by atoms with Gasteiger partial charge in [-0.1, -0.05) is 18.2 Å². The van der Waals surface area contributed by atoms with Gasteiger partial charge in [-0.2, -0.15) is 0 Å². The van der Waals surface area contributed by atoms with Gasteiger partial charge in [0.2, 0.25) is 5.95 Å². The number of imidazole rings is 1. The molecule has 0 bridgehead atoms. The lowest BCUT2D eigenvalue weighted by molar-refractivity contribution is -0.136. The van der Waals surface area contributed by atoms with E-state index in [9.17, 15) is 4.79 Å². The Balaban J connectivity index is 2.23. The Morgan fingerprint density at radius 3 is 2.82 bits per heavy atom. The van der Waals surface area contributed by atoms with Crippen molar-refractivity contribution in [1.82, 2.24) is 9.55 Å². The molecule has 0 spiro atoms. The van der Waals surface area contributed by atoms with Crippen molar-refractivity contribution in [2.24, 2.45) is 0 Å². The van der Waals surface area contributed by atoms with Gasteiger partial charge in [-0.15, -0.1) is 0 Å². The van der Waals surface area contributed by atoms with Crippen LogP contribution in [0, 0.1) is 0 Å². The third kappa shape index (κ3) is 2.13. The summed E-state index contributed by atoms with van der Waals surface area (Å²) in [5.74, 6) is 1.02. The van der Waals surface area contributed by atoms with Gasteiger partial charge in [0, 0.05) is 23.7 Å². The van der Waals surface area contributed by atoms with Crippen LogP contribution in [-0.4, -0.2) is 29.7 Å². The summed E-state index contributed by atoms with van der Waals surface area (Å²) < 4.78 is 12.3. The van der Waals surface area contributed by atoms with Crippen LogP contribution in [0.3, 0.4) is 0 Å². The molecular weight excluding hydrogens is 282 g/mol. The molecule has 1 aliphatic rings. The lowest BCUT2D eigenvalue weighted by Gasteiger charge is -2.30. The number of methoxy groups -OCH3 is 2. The first-order chi connectivity index (χ1) is 10.7. The summed E-state index contributed by atoms with van der Waals surface area (Å²) >= 11 is 0. The third-order valence-electron chi connectivity index (χ3n) is 3.76. The van der Waals surface area contributed by atoms with E-state index < -0.39 is 0 Å². The van der Waals surface area contributed by atoms with Crippen molar-refractivity contribution >= 4 is 11.9 Å². The number of rotatable bonds is 3. The minimum atomic E-state index is -0.375. The number of anilines is 1. The largest absolute Gasteiger partial charge is 0.496 e. The number of esters is 1. The summed E-state index contributed by atoms with van der Waals surface area (Å²) in [4.78, 5) is 16.6. The normalized spacial score (nSPS) is 16.8. The second-order valence-corrected chi connectivity index (χ2v) is 4.96. The second kappa shape index (κ2) is 5.55. The van der Waals surface area contributed by atoms with Gasteiger partial charge in [-0.25, -0.2) is 9.78 Å². The first-order valence-electron chi connectivity index (χ1n) is 6.89. The number of aromatic nitrogens is 2. The number of allylic oxidation sites excluding steroid dienone is 1. The molecule has 1 aromatic heterocycles. The molecule has 6 heteroatoms. The SMILES string of the molecule is COC(=O)C1=C(C)Nc2nccn2C1c1ccccc1OC. The molecule has 0 saturated carbocycles. The summed E-state index contributed by atoms with van der Waals surface area (Å²) in [6, 6.07) is 7.28. The van der Waals surface area contributed by atoms with Gasteiger partial charge in [-0.05, 0) is 13.0 Å².